The third kappa shape index (κ3) is 0.922. The molecule has 12 heavy (non-hydrogen) atoms. The predicted octanol–water partition coefficient (Wildman–Crippen LogP) is 0.998. The Morgan fingerprint density at radius 2 is 2.50 bits per heavy atom. The quantitative estimate of drug-likeness (QED) is 0.673. The minimum Gasteiger partial charge on any atom is -0.477 e. The Kier molecular flexibility index (Phi) is 1.46. The van der Waals surface area contributed by atoms with E-state index in [0.717, 1.165) is 12.2 Å². The molecule has 1 aromatic heterocycles. The minimum absolute atomic E-state index is 0.273. The zero-order valence-electron chi connectivity index (χ0n) is 6.40. The van der Waals surface area contributed by atoms with Gasteiger partial charge in [-0.05, 0) is 12.5 Å². The molecule has 0 fully saturated rings. The van der Waals surface area contributed by atoms with Gasteiger partial charge in [-0.25, -0.2) is 9.78 Å². The van der Waals surface area contributed by atoms with Crippen molar-refractivity contribution in [2.24, 2.45) is 0 Å². The molecule has 1 aliphatic heterocycles. The Labute approximate surface area is 69.2 Å². The maximum Gasteiger partial charge on any atom is 0.354 e. The van der Waals surface area contributed by atoms with E-state index in [1.165, 1.54) is 6.20 Å². The van der Waals surface area contributed by atoms with E-state index in [1.54, 1.807) is 4.57 Å². The van der Waals surface area contributed by atoms with E-state index < -0.39 is 5.97 Å². The van der Waals surface area contributed by atoms with Gasteiger partial charge < -0.3 is 9.67 Å². The number of hydrogen-bond acceptors (Lipinski definition) is 2. The van der Waals surface area contributed by atoms with Crippen molar-refractivity contribution in [1.82, 2.24) is 9.55 Å². The van der Waals surface area contributed by atoms with Crippen molar-refractivity contribution in [3.05, 3.63) is 23.8 Å². The predicted molar refractivity (Wildman–Crippen MR) is 42.8 cm³/mol. The van der Waals surface area contributed by atoms with Crippen LogP contribution in [0, 0.1) is 0 Å². The second-order valence-corrected chi connectivity index (χ2v) is 2.65. The van der Waals surface area contributed by atoms with Crippen molar-refractivity contribution in [2.45, 2.75) is 13.0 Å². The van der Waals surface area contributed by atoms with Gasteiger partial charge in [0.05, 0.1) is 6.20 Å². The molecule has 0 saturated heterocycles. The molecule has 0 radical (unpaired) electrons. The average molecular weight is 164 g/mol. The minimum atomic E-state index is -0.913. The van der Waals surface area contributed by atoms with Crippen LogP contribution in [0.5, 0.6) is 0 Å². The van der Waals surface area contributed by atoms with Crippen LogP contribution in [-0.2, 0) is 6.54 Å². The van der Waals surface area contributed by atoms with Gasteiger partial charge in [0.15, 0.2) is 0 Å². The highest BCUT2D eigenvalue weighted by atomic mass is 16.4. The third-order valence-corrected chi connectivity index (χ3v) is 1.89. The summed E-state index contributed by atoms with van der Waals surface area (Å²) >= 11 is 0. The second-order valence-electron chi connectivity index (χ2n) is 2.65. The number of carboxylic acids is 1. The van der Waals surface area contributed by atoms with Crippen LogP contribution < -0.4 is 0 Å². The summed E-state index contributed by atoms with van der Waals surface area (Å²) in [5.41, 5.74) is 0.273. The summed E-state index contributed by atoms with van der Waals surface area (Å²) in [5.74, 6) is -0.178. The molecule has 62 valence electrons. The highest BCUT2D eigenvalue weighted by molar-refractivity contribution is 5.86. The van der Waals surface area contributed by atoms with E-state index in [1.807, 2.05) is 12.2 Å². The van der Waals surface area contributed by atoms with Gasteiger partial charge in [-0.15, -0.1) is 0 Å². The number of aromatic carboxylic acids is 1. The topological polar surface area (TPSA) is 55.1 Å². The normalized spacial score (nSPS) is 14.3. The first-order valence-corrected chi connectivity index (χ1v) is 3.74. The van der Waals surface area contributed by atoms with Crippen LogP contribution in [0.15, 0.2) is 12.3 Å². The number of hydrogen-bond donors (Lipinski definition) is 1. The van der Waals surface area contributed by atoms with Gasteiger partial charge in [0.1, 0.15) is 11.5 Å². The first-order chi connectivity index (χ1) is 5.79. The second kappa shape index (κ2) is 2.48. The third-order valence-electron chi connectivity index (χ3n) is 1.89. The van der Waals surface area contributed by atoms with Crippen LogP contribution in [0.3, 0.4) is 0 Å². The smallest absolute Gasteiger partial charge is 0.354 e. The molecular weight excluding hydrogens is 156 g/mol. The molecule has 1 aliphatic rings. The van der Waals surface area contributed by atoms with Crippen LogP contribution in [-0.4, -0.2) is 20.6 Å². The number of fused-ring (bicyclic) bond motifs is 1. The Morgan fingerprint density at radius 1 is 1.67 bits per heavy atom. The molecule has 2 rings (SSSR count). The van der Waals surface area contributed by atoms with E-state index in [4.69, 9.17) is 5.11 Å². The maximum absolute atomic E-state index is 10.6. The number of nitrogens with zero attached hydrogens (tertiary/aromatic N) is 2. The van der Waals surface area contributed by atoms with Gasteiger partial charge in [0.2, 0.25) is 0 Å². The van der Waals surface area contributed by atoms with Crippen LogP contribution in [0.25, 0.3) is 6.08 Å². The van der Waals surface area contributed by atoms with Gasteiger partial charge >= 0.3 is 5.97 Å². The van der Waals surface area contributed by atoms with Crippen LogP contribution in [0.4, 0.5) is 0 Å². The lowest BCUT2D eigenvalue weighted by Gasteiger charge is -2.09. The number of imidazole rings is 1. The molecule has 0 spiro atoms. The molecule has 1 N–H and O–H groups in total. The SMILES string of the molecule is O=C(O)c1cnc2n1CCC=C2. The Bertz CT molecular complexity index is 352. The van der Waals surface area contributed by atoms with Crippen LogP contribution in [0.2, 0.25) is 0 Å². The molecular formula is C8H8N2O2. The van der Waals surface area contributed by atoms with Crippen molar-refractivity contribution in [1.29, 1.82) is 0 Å². The highest BCUT2D eigenvalue weighted by Gasteiger charge is 2.14. The number of carboxylic acid groups (broad SMARTS) is 1. The van der Waals surface area contributed by atoms with E-state index >= 15 is 0 Å². The first-order valence-electron chi connectivity index (χ1n) is 3.74. The Balaban J connectivity index is 2.53. The van der Waals surface area contributed by atoms with E-state index in [-0.39, 0.29) is 5.69 Å². The van der Waals surface area contributed by atoms with E-state index in [2.05, 4.69) is 4.98 Å². The summed E-state index contributed by atoms with van der Waals surface area (Å²) in [5, 5.41) is 8.74. The standard InChI is InChI=1S/C8H8N2O2/c11-8(12)6-5-9-7-3-1-2-4-10(6)7/h1,3,5H,2,4H2,(H,11,12). The van der Waals surface area contributed by atoms with Crippen molar-refractivity contribution < 1.29 is 9.90 Å². The molecule has 0 aliphatic carbocycles. The monoisotopic (exact) mass is 164 g/mol. The molecule has 0 saturated carbocycles. The van der Waals surface area contributed by atoms with Crippen LogP contribution in [0.1, 0.15) is 22.7 Å². The lowest BCUT2D eigenvalue weighted by Crippen LogP contribution is -2.11. The zero-order valence-corrected chi connectivity index (χ0v) is 6.40. The number of carbonyl (C=O) groups is 1. The van der Waals surface area contributed by atoms with E-state index in [0.29, 0.717) is 6.54 Å². The lowest BCUT2D eigenvalue weighted by molar-refractivity contribution is 0.0685. The van der Waals surface area contributed by atoms with Crippen molar-refractivity contribution >= 4 is 12.0 Å². The fraction of sp³-hybridized carbons (Fsp3) is 0.250. The van der Waals surface area contributed by atoms with Crippen molar-refractivity contribution in [3.8, 4) is 0 Å². The first kappa shape index (κ1) is 7.09. The lowest BCUT2D eigenvalue weighted by atomic mass is 10.3. The molecule has 0 amide bonds. The molecule has 1 aromatic rings. The van der Waals surface area contributed by atoms with E-state index in [9.17, 15) is 4.79 Å². The fourth-order valence-corrected chi connectivity index (χ4v) is 1.32. The Morgan fingerprint density at radius 3 is 3.25 bits per heavy atom. The molecule has 4 nitrogen and oxygen atoms in total. The molecule has 0 bridgehead atoms. The summed E-state index contributed by atoms with van der Waals surface area (Å²) in [4.78, 5) is 14.6. The fourth-order valence-electron chi connectivity index (χ4n) is 1.32. The molecule has 0 atom stereocenters. The maximum atomic E-state index is 10.6. The van der Waals surface area contributed by atoms with Gasteiger partial charge in [-0.2, -0.15) is 0 Å². The number of rotatable bonds is 1. The summed E-state index contributed by atoms with van der Waals surface area (Å²) in [6.45, 7) is 0.716. The highest BCUT2D eigenvalue weighted by Crippen LogP contribution is 2.13. The van der Waals surface area contributed by atoms with Crippen molar-refractivity contribution in [2.75, 3.05) is 0 Å². The Hall–Kier alpha value is -1.58. The van der Waals surface area contributed by atoms with Gasteiger partial charge in [-0.3, -0.25) is 0 Å². The molecule has 0 aromatic carbocycles. The van der Waals surface area contributed by atoms with Gasteiger partial charge in [0, 0.05) is 6.54 Å². The average Bonchev–Trinajstić information content (AvgIpc) is 2.47. The molecule has 2 heterocycles. The van der Waals surface area contributed by atoms with Crippen LogP contribution >= 0.6 is 0 Å². The summed E-state index contributed by atoms with van der Waals surface area (Å²) in [6, 6.07) is 0. The number of aromatic nitrogens is 2. The summed E-state index contributed by atoms with van der Waals surface area (Å²) < 4.78 is 1.71. The zero-order chi connectivity index (χ0) is 8.55. The van der Waals surface area contributed by atoms with Gasteiger partial charge in [0.25, 0.3) is 0 Å². The number of allylic oxidation sites excluding steroid dienone is 1. The van der Waals surface area contributed by atoms with Crippen molar-refractivity contribution in [3.63, 3.8) is 0 Å². The van der Waals surface area contributed by atoms with Gasteiger partial charge in [-0.1, -0.05) is 6.08 Å². The summed E-state index contributed by atoms with van der Waals surface area (Å²) in [6.07, 6.45) is 6.11. The molecule has 0 unspecified atom stereocenters. The molecule has 4 heteroatoms. The largest absolute Gasteiger partial charge is 0.477 e. The summed E-state index contributed by atoms with van der Waals surface area (Å²) in [7, 11) is 0.